The molecule has 0 unspecified atom stereocenters. The first-order chi connectivity index (χ1) is 16.4. The zero-order valence-electron chi connectivity index (χ0n) is 20.2. The van der Waals surface area contributed by atoms with Gasteiger partial charge >= 0.3 is 0 Å². The fourth-order valence-corrected chi connectivity index (χ4v) is 4.09. The van der Waals surface area contributed by atoms with Gasteiger partial charge in [-0.3, -0.25) is 4.79 Å². The molecule has 0 aliphatic heterocycles. The summed E-state index contributed by atoms with van der Waals surface area (Å²) in [5, 5.41) is 10.8. The summed E-state index contributed by atoms with van der Waals surface area (Å²) < 4.78 is 8.31. The molecule has 0 bridgehead atoms. The van der Waals surface area contributed by atoms with Crippen molar-refractivity contribution >= 4 is 11.6 Å². The van der Waals surface area contributed by atoms with Gasteiger partial charge in [-0.25, -0.2) is 4.98 Å². The summed E-state index contributed by atoms with van der Waals surface area (Å²) in [6, 6.07) is 19.5. The first-order valence-electron chi connectivity index (χ1n) is 11.5. The van der Waals surface area contributed by atoms with Crippen LogP contribution in [0.2, 0.25) is 0 Å². The van der Waals surface area contributed by atoms with Gasteiger partial charge in [0.15, 0.2) is 11.4 Å². The quantitative estimate of drug-likeness (QED) is 0.409. The van der Waals surface area contributed by atoms with Crippen LogP contribution in [0.1, 0.15) is 51.0 Å². The summed E-state index contributed by atoms with van der Waals surface area (Å²) in [5.74, 6) is 0.481. The highest BCUT2D eigenvalue weighted by Gasteiger charge is 2.24. The van der Waals surface area contributed by atoms with Crippen LogP contribution in [0.25, 0.3) is 5.65 Å². The smallest absolute Gasteiger partial charge is 0.255 e. The van der Waals surface area contributed by atoms with Crippen molar-refractivity contribution in [3.63, 3.8) is 0 Å². The number of aliphatic hydroxyl groups excluding tert-OH is 1. The van der Waals surface area contributed by atoms with Gasteiger partial charge in [0.25, 0.3) is 5.91 Å². The summed E-state index contributed by atoms with van der Waals surface area (Å²) >= 11 is 0. The molecule has 2 heterocycles. The third-order valence-corrected chi connectivity index (χ3v) is 6.16. The van der Waals surface area contributed by atoms with Crippen molar-refractivity contribution in [2.75, 3.05) is 14.1 Å². The van der Waals surface area contributed by atoms with Crippen molar-refractivity contribution in [2.45, 2.75) is 39.4 Å². The summed E-state index contributed by atoms with van der Waals surface area (Å²) in [4.78, 5) is 19.6. The Bertz CT molecular complexity index is 1280. The molecule has 0 aliphatic rings. The number of aromatic nitrogens is 2. The summed E-state index contributed by atoms with van der Waals surface area (Å²) in [5.41, 5.74) is 5.73. The average Bonchev–Trinajstić information content (AvgIpc) is 3.14. The number of pyridine rings is 1. The van der Waals surface area contributed by atoms with E-state index in [0.717, 1.165) is 28.1 Å². The second-order valence-electron chi connectivity index (χ2n) is 8.77. The minimum absolute atomic E-state index is 0.110. The number of hydrogen-bond acceptors (Lipinski definition) is 4. The molecule has 6 heteroatoms. The van der Waals surface area contributed by atoms with Crippen LogP contribution in [-0.2, 0) is 13.0 Å². The van der Waals surface area contributed by atoms with E-state index in [9.17, 15) is 9.90 Å². The van der Waals surface area contributed by atoms with Gasteiger partial charge < -0.3 is 19.1 Å². The molecule has 4 aromatic rings. The van der Waals surface area contributed by atoms with Crippen molar-refractivity contribution in [3.8, 4) is 5.75 Å². The maximum absolute atomic E-state index is 13.2. The Labute approximate surface area is 200 Å². The van der Waals surface area contributed by atoms with Crippen molar-refractivity contribution in [1.82, 2.24) is 14.3 Å². The fourth-order valence-electron chi connectivity index (χ4n) is 4.09. The molecule has 1 atom stereocenters. The highest BCUT2D eigenvalue weighted by Crippen LogP contribution is 2.33. The highest BCUT2D eigenvalue weighted by molar-refractivity contribution is 5.96. The number of aliphatic hydroxyl groups is 1. The molecule has 6 nitrogen and oxygen atoms in total. The van der Waals surface area contributed by atoms with Crippen LogP contribution in [0.3, 0.4) is 0 Å². The van der Waals surface area contributed by atoms with E-state index in [1.54, 1.807) is 19.0 Å². The third-order valence-electron chi connectivity index (χ3n) is 6.16. The van der Waals surface area contributed by atoms with Gasteiger partial charge in [0.1, 0.15) is 6.61 Å². The molecule has 0 saturated carbocycles. The molecule has 0 radical (unpaired) electrons. The van der Waals surface area contributed by atoms with E-state index < -0.39 is 6.10 Å². The average molecular weight is 458 g/mol. The summed E-state index contributed by atoms with van der Waals surface area (Å²) in [7, 11) is 3.48. The molecule has 0 fully saturated rings. The van der Waals surface area contributed by atoms with Crippen LogP contribution in [0, 0.1) is 13.8 Å². The molecule has 4 rings (SSSR count). The van der Waals surface area contributed by atoms with E-state index in [2.05, 4.69) is 0 Å². The van der Waals surface area contributed by atoms with Gasteiger partial charge in [0.05, 0.1) is 17.4 Å². The zero-order valence-corrected chi connectivity index (χ0v) is 20.2. The predicted octanol–water partition coefficient (Wildman–Crippen LogP) is 4.90. The second-order valence-corrected chi connectivity index (χ2v) is 8.77. The standard InChI is InChI=1S/C28H31N3O3/c1-19-20(2)31-17-24(28(33)30(3)4)23(15-16-25(32)22-13-9-6-10-14-22)26(27(31)29-19)34-18-21-11-7-5-8-12-21/h5-14,17,25,32H,15-16,18H2,1-4H3/t25-/m1/s1. The van der Waals surface area contributed by atoms with Crippen molar-refractivity contribution in [1.29, 1.82) is 0 Å². The first-order valence-corrected chi connectivity index (χ1v) is 11.5. The normalized spacial score (nSPS) is 12.0. The Morgan fingerprint density at radius 3 is 2.35 bits per heavy atom. The van der Waals surface area contributed by atoms with Crippen molar-refractivity contribution in [3.05, 3.63) is 101 Å². The number of rotatable bonds is 8. The molecule has 1 amide bonds. The number of ether oxygens (including phenoxy) is 1. The van der Waals surface area contributed by atoms with Crippen LogP contribution < -0.4 is 4.74 Å². The van der Waals surface area contributed by atoms with E-state index in [1.165, 1.54) is 0 Å². The number of aryl methyl sites for hydroxylation is 2. The number of carbonyl (C=O) groups is 1. The molecule has 2 aromatic carbocycles. The molecular weight excluding hydrogens is 426 g/mol. The van der Waals surface area contributed by atoms with E-state index >= 15 is 0 Å². The lowest BCUT2D eigenvalue weighted by Gasteiger charge is -2.20. The van der Waals surface area contributed by atoms with E-state index in [1.807, 2.05) is 85.1 Å². The maximum atomic E-state index is 13.2. The molecule has 176 valence electrons. The zero-order chi connectivity index (χ0) is 24.2. The van der Waals surface area contributed by atoms with Gasteiger partial charge in [-0.1, -0.05) is 60.7 Å². The lowest BCUT2D eigenvalue weighted by molar-refractivity contribution is 0.0824. The Kier molecular flexibility index (Phi) is 6.98. The number of fused-ring (bicyclic) bond motifs is 1. The van der Waals surface area contributed by atoms with Crippen LogP contribution in [0.4, 0.5) is 0 Å². The van der Waals surface area contributed by atoms with Crippen molar-refractivity contribution in [2.24, 2.45) is 0 Å². The lowest BCUT2D eigenvalue weighted by Crippen LogP contribution is -2.24. The van der Waals surface area contributed by atoms with E-state index in [-0.39, 0.29) is 5.91 Å². The molecule has 2 aromatic heterocycles. The molecule has 0 aliphatic carbocycles. The van der Waals surface area contributed by atoms with Gasteiger partial charge in [0, 0.05) is 31.5 Å². The number of nitrogens with zero attached hydrogens (tertiary/aromatic N) is 3. The summed E-state index contributed by atoms with van der Waals surface area (Å²) in [6.45, 7) is 4.30. The Balaban J connectivity index is 1.80. The maximum Gasteiger partial charge on any atom is 0.255 e. The van der Waals surface area contributed by atoms with Crippen LogP contribution in [-0.4, -0.2) is 39.4 Å². The first kappa shape index (κ1) is 23.5. The van der Waals surface area contributed by atoms with Crippen LogP contribution in [0.5, 0.6) is 5.75 Å². The third kappa shape index (κ3) is 4.82. The molecular formula is C28H31N3O3. The van der Waals surface area contributed by atoms with Gasteiger partial charge in [-0.15, -0.1) is 0 Å². The Morgan fingerprint density at radius 2 is 1.71 bits per heavy atom. The SMILES string of the molecule is Cc1nc2c(OCc3ccccc3)c(CC[C@@H](O)c3ccccc3)c(C(=O)N(C)C)cn2c1C. The van der Waals surface area contributed by atoms with Crippen molar-refractivity contribution < 1.29 is 14.6 Å². The minimum Gasteiger partial charge on any atom is -0.485 e. The van der Waals surface area contributed by atoms with E-state index in [0.29, 0.717) is 36.4 Å². The van der Waals surface area contributed by atoms with Gasteiger partial charge in [-0.05, 0) is 37.8 Å². The van der Waals surface area contributed by atoms with Crippen LogP contribution >= 0.6 is 0 Å². The predicted molar refractivity (Wildman–Crippen MR) is 133 cm³/mol. The molecule has 1 N–H and O–H groups in total. The number of benzene rings is 2. The summed E-state index contributed by atoms with van der Waals surface area (Å²) in [6.07, 6.45) is 2.13. The largest absolute Gasteiger partial charge is 0.485 e. The topological polar surface area (TPSA) is 67.1 Å². The number of amides is 1. The highest BCUT2D eigenvalue weighted by atomic mass is 16.5. The Morgan fingerprint density at radius 1 is 1.06 bits per heavy atom. The molecule has 0 saturated heterocycles. The molecule has 0 spiro atoms. The number of imidazole rings is 1. The monoisotopic (exact) mass is 457 g/mol. The van der Waals surface area contributed by atoms with Gasteiger partial charge in [0.2, 0.25) is 0 Å². The minimum atomic E-state index is -0.648. The van der Waals surface area contributed by atoms with Crippen LogP contribution in [0.15, 0.2) is 66.9 Å². The number of hydrogen-bond donors (Lipinski definition) is 1. The van der Waals surface area contributed by atoms with Gasteiger partial charge in [-0.2, -0.15) is 0 Å². The second kappa shape index (κ2) is 10.1. The van der Waals surface area contributed by atoms with E-state index in [4.69, 9.17) is 9.72 Å². The number of carbonyl (C=O) groups excluding carboxylic acids is 1. The fraction of sp³-hybridized carbons (Fsp3) is 0.286. The lowest BCUT2D eigenvalue weighted by atomic mass is 9.97. The Hall–Kier alpha value is -3.64. The molecule has 34 heavy (non-hydrogen) atoms.